The first kappa shape index (κ1) is 13.5. The zero-order valence-electron chi connectivity index (χ0n) is 10.6. The van der Waals surface area contributed by atoms with E-state index in [9.17, 15) is 8.78 Å². The summed E-state index contributed by atoms with van der Waals surface area (Å²) in [6.45, 7) is 2.70. The first-order valence-electron chi connectivity index (χ1n) is 6.16. The fourth-order valence-electron chi connectivity index (χ4n) is 1.90. The smallest absolute Gasteiger partial charge is 0.163 e. The Kier molecular flexibility index (Phi) is 4.52. The number of benzene rings is 1. The maximum atomic E-state index is 13.9. The van der Waals surface area contributed by atoms with E-state index in [1.807, 2.05) is 6.92 Å². The summed E-state index contributed by atoms with van der Waals surface area (Å²) in [4.78, 5) is 7.85. The molecule has 0 aliphatic rings. The average Bonchev–Trinajstić information content (AvgIpc) is 2.45. The summed E-state index contributed by atoms with van der Waals surface area (Å²) in [6, 6.07) is 3.73. The lowest BCUT2D eigenvalue weighted by Crippen LogP contribution is -2.24. The lowest BCUT2D eigenvalue weighted by Gasteiger charge is -2.19. The quantitative estimate of drug-likeness (QED) is 0.901. The molecule has 0 fully saturated rings. The molecule has 0 saturated heterocycles. The normalized spacial score (nSPS) is 12.4. The number of halogens is 2. The van der Waals surface area contributed by atoms with E-state index in [1.54, 1.807) is 18.5 Å². The zero-order chi connectivity index (χ0) is 13.7. The molecule has 19 heavy (non-hydrogen) atoms. The number of hydrogen-bond donors (Lipinski definition) is 1. The zero-order valence-corrected chi connectivity index (χ0v) is 10.6. The van der Waals surface area contributed by atoms with Gasteiger partial charge in [-0.05, 0) is 19.0 Å². The minimum Gasteiger partial charge on any atom is -0.306 e. The van der Waals surface area contributed by atoms with Crippen molar-refractivity contribution in [2.75, 3.05) is 6.54 Å². The molecule has 0 spiro atoms. The van der Waals surface area contributed by atoms with Crippen LogP contribution in [0.25, 0.3) is 0 Å². The van der Waals surface area contributed by atoms with Crippen molar-refractivity contribution in [3.63, 3.8) is 0 Å². The van der Waals surface area contributed by atoms with Crippen molar-refractivity contribution >= 4 is 0 Å². The molecule has 0 amide bonds. The molecule has 1 unspecified atom stereocenters. The monoisotopic (exact) mass is 263 g/mol. The van der Waals surface area contributed by atoms with Gasteiger partial charge in [0.15, 0.2) is 11.6 Å². The van der Waals surface area contributed by atoms with Gasteiger partial charge in [0, 0.05) is 23.5 Å². The fourth-order valence-corrected chi connectivity index (χ4v) is 1.90. The van der Waals surface area contributed by atoms with Gasteiger partial charge < -0.3 is 5.32 Å². The topological polar surface area (TPSA) is 37.8 Å². The van der Waals surface area contributed by atoms with Crippen molar-refractivity contribution in [3.8, 4) is 0 Å². The van der Waals surface area contributed by atoms with Gasteiger partial charge in [0.2, 0.25) is 0 Å². The first-order chi connectivity index (χ1) is 9.24. The van der Waals surface area contributed by atoms with E-state index >= 15 is 0 Å². The lowest BCUT2D eigenvalue weighted by atomic mass is 10.0. The Hall–Kier alpha value is -1.88. The number of nitrogens with one attached hydrogen (secondary N) is 1. The Morgan fingerprint density at radius 1 is 1.21 bits per heavy atom. The van der Waals surface area contributed by atoms with Crippen LogP contribution in [0.5, 0.6) is 0 Å². The Labute approximate surface area is 110 Å². The predicted octanol–water partition coefficient (Wildman–Crippen LogP) is 2.84. The van der Waals surface area contributed by atoms with Crippen molar-refractivity contribution in [2.24, 2.45) is 0 Å². The van der Waals surface area contributed by atoms with E-state index < -0.39 is 17.7 Å². The van der Waals surface area contributed by atoms with E-state index in [0.717, 1.165) is 12.5 Å². The summed E-state index contributed by atoms with van der Waals surface area (Å²) in [5, 5.41) is 3.18. The molecule has 1 N–H and O–H groups in total. The van der Waals surface area contributed by atoms with Crippen LogP contribution in [0.2, 0.25) is 0 Å². The van der Waals surface area contributed by atoms with E-state index in [0.29, 0.717) is 12.1 Å². The number of rotatable bonds is 5. The molecule has 1 atom stereocenters. The maximum absolute atomic E-state index is 13.9. The van der Waals surface area contributed by atoms with Crippen LogP contribution in [0.3, 0.4) is 0 Å². The van der Waals surface area contributed by atoms with Crippen molar-refractivity contribution < 1.29 is 8.78 Å². The van der Waals surface area contributed by atoms with Crippen LogP contribution in [0, 0.1) is 11.6 Å². The highest BCUT2D eigenvalue weighted by atomic mass is 19.2. The lowest BCUT2D eigenvalue weighted by molar-refractivity contribution is 0.479. The second-order valence-corrected chi connectivity index (χ2v) is 4.20. The summed E-state index contributed by atoms with van der Waals surface area (Å²) in [5.41, 5.74) is 0.976. The van der Waals surface area contributed by atoms with E-state index in [2.05, 4.69) is 15.3 Å². The molecule has 1 aromatic carbocycles. The molecule has 0 radical (unpaired) electrons. The second-order valence-electron chi connectivity index (χ2n) is 4.20. The van der Waals surface area contributed by atoms with Gasteiger partial charge in [-0.15, -0.1) is 0 Å². The molecule has 5 heteroatoms. The maximum Gasteiger partial charge on any atom is 0.163 e. The molecule has 100 valence electrons. The molecule has 0 bridgehead atoms. The van der Waals surface area contributed by atoms with Crippen LogP contribution < -0.4 is 5.32 Å². The molecule has 2 aromatic rings. The Morgan fingerprint density at radius 3 is 2.63 bits per heavy atom. The van der Waals surface area contributed by atoms with Crippen LogP contribution in [-0.4, -0.2) is 16.5 Å². The van der Waals surface area contributed by atoms with E-state index in [-0.39, 0.29) is 5.56 Å². The SMILES string of the molecule is CCCNC(c1cncnc1)c1cccc(F)c1F. The summed E-state index contributed by atoms with van der Waals surface area (Å²) in [6.07, 6.45) is 5.50. The summed E-state index contributed by atoms with van der Waals surface area (Å²) in [5.74, 6) is -1.68. The Bertz CT molecular complexity index is 531. The van der Waals surface area contributed by atoms with Crippen molar-refractivity contribution in [1.29, 1.82) is 0 Å². The number of hydrogen-bond acceptors (Lipinski definition) is 3. The van der Waals surface area contributed by atoms with Crippen LogP contribution in [0.1, 0.15) is 30.5 Å². The summed E-state index contributed by atoms with van der Waals surface area (Å²) >= 11 is 0. The van der Waals surface area contributed by atoms with E-state index in [1.165, 1.54) is 12.4 Å². The molecule has 0 aliphatic heterocycles. The third-order valence-corrected chi connectivity index (χ3v) is 2.80. The highest BCUT2D eigenvalue weighted by Gasteiger charge is 2.19. The Balaban J connectivity index is 2.40. The van der Waals surface area contributed by atoms with Gasteiger partial charge in [0.25, 0.3) is 0 Å². The highest BCUT2D eigenvalue weighted by molar-refractivity contribution is 5.30. The molecule has 1 aromatic heterocycles. The van der Waals surface area contributed by atoms with Crippen molar-refractivity contribution in [3.05, 3.63) is 59.7 Å². The summed E-state index contributed by atoms with van der Waals surface area (Å²) < 4.78 is 27.3. The predicted molar refractivity (Wildman–Crippen MR) is 68.5 cm³/mol. The second kappa shape index (κ2) is 6.33. The van der Waals surface area contributed by atoms with Gasteiger partial charge >= 0.3 is 0 Å². The summed E-state index contributed by atoms with van der Waals surface area (Å²) in [7, 11) is 0. The minimum absolute atomic E-state index is 0.267. The van der Waals surface area contributed by atoms with Gasteiger partial charge in [-0.1, -0.05) is 19.1 Å². The number of nitrogens with zero attached hydrogens (tertiary/aromatic N) is 2. The van der Waals surface area contributed by atoms with Crippen LogP contribution in [0.4, 0.5) is 8.78 Å². The molecule has 1 heterocycles. The Morgan fingerprint density at radius 2 is 1.95 bits per heavy atom. The van der Waals surface area contributed by atoms with Gasteiger partial charge in [0.1, 0.15) is 6.33 Å². The largest absolute Gasteiger partial charge is 0.306 e. The molecule has 2 rings (SSSR count). The van der Waals surface area contributed by atoms with E-state index in [4.69, 9.17) is 0 Å². The molecule has 3 nitrogen and oxygen atoms in total. The van der Waals surface area contributed by atoms with Crippen molar-refractivity contribution in [2.45, 2.75) is 19.4 Å². The molecular weight excluding hydrogens is 248 g/mol. The molecular formula is C14H15F2N3. The first-order valence-corrected chi connectivity index (χ1v) is 6.16. The molecule has 0 saturated carbocycles. The van der Waals surface area contributed by atoms with Crippen LogP contribution in [-0.2, 0) is 0 Å². The van der Waals surface area contributed by atoms with Gasteiger partial charge in [-0.25, -0.2) is 18.7 Å². The van der Waals surface area contributed by atoms with Gasteiger partial charge in [-0.2, -0.15) is 0 Å². The number of aromatic nitrogens is 2. The van der Waals surface area contributed by atoms with Crippen LogP contribution in [0.15, 0.2) is 36.9 Å². The minimum atomic E-state index is -0.849. The van der Waals surface area contributed by atoms with Crippen molar-refractivity contribution in [1.82, 2.24) is 15.3 Å². The standard InChI is InChI=1S/C14H15F2N3/c1-2-6-19-14(10-7-17-9-18-8-10)11-4-3-5-12(15)13(11)16/h3-5,7-9,14,19H,2,6H2,1H3. The molecule has 0 aliphatic carbocycles. The third-order valence-electron chi connectivity index (χ3n) is 2.80. The van der Waals surface area contributed by atoms with Crippen LogP contribution >= 0.6 is 0 Å². The highest BCUT2D eigenvalue weighted by Crippen LogP contribution is 2.24. The average molecular weight is 263 g/mol. The third kappa shape index (κ3) is 3.12. The fraction of sp³-hybridized carbons (Fsp3) is 0.286. The van der Waals surface area contributed by atoms with Gasteiger partial charge in [0.05, 0.1) is 6.04 Å². The van der Waals surface area contributed by atoms with Gasteiger partial charge in [-0.3, -0.25) is 0 Å².